The lowest BCUT2D eigenvalue weighted by molar-refractivity contribution is -0.111. The zero-order chi connectivity index (χ0) is 32.7. The van der Waals surface area contributed by atoms with Crippen molar-refractivity contribution in [2.45, 2.75) is 48.3 Å². The van der Waals surface area contributed by atoms with Gasteiger partial charge >= 0.3 is 0 Å². The number of amides is 1. The number of ether oxygens (including phenoxy) is 2. The van der Waals surface area contributed by atoms with Crippen molar-refractivity contribution < 1.29 is 31.1 Å². The first-order valence-corrected chi connectivity index (χ1v) is 18.3. The molecular weight excluding hydrogens is 629 g/mol. The Morgan fingerprint density at radius 3 is 2.04 bits per heavy atom. The number of anilines is 3. The van der Waals surface area contributed by atoms with E-state index in [1.54, 1.807) is 48.5 Å². The van der Waals surface area contributed by atoms with Gasteiger partial charge in [-0.05, 0) is 98.3 Å². The second-order valence-electron chi connectivity index (χ2n) is 11.3. The third-order valence-electron chi connectivity index (χ3n) is 8.10. The molecule has 246 valence electrons. The lowest BCUT2D eigenvalue weighted by Gasteiger charge is -2.30. The van der Waals surface area contributed by atoms with Crippen molar-refractivity contribution in [3.8, 4) is 11.5 Å². The van der Waals surface area contributed by atoms with Crippen LogP contribution >= 0.6 is 0 Å². The molecular formula is C33H40N4O7S2. The lowest BCUT2D eigenvalue weighted by atomic mass is 10.1. The molecule has 2 fully saturated rings. The van der Waals surface area contributed by atoms with E-state index in [2.05, 4.69) is 14.9 Å². The Morgan fingerprint density at radius 1 is 0.739 bits per heavy atom. The Balaban J connectivity index is 1.38. The summed E-state index contributed by atoms with van der Waals surface area (Å²) in [6.07, 6.45) is 8.40. The molecule has 2 N–H and O–H groups in total. The van der Waals surface area contributed by atoms with E-state index in [-0.39, 0.29) is 15.5 Å². The first-order chi connectivity index (χ1) is 22.1. The molecule has 0 aromatic heterocycles. The highest BCUT2D eigenvalue weighted by Crippen LogP contribution is 2.33. The number of carbonyl (C=O) groups is 1. The molecule has 2 aliphatic rings. The molecule has 3 aromatic rings. The minimum Gasteiger partial charge on any atom is -0.497 e. The number of nitrogens with one attached hydrogen (secondary N) is 2. The van der Waals surface area contributed by atoms with E-state index in [4.69, 9.17) is 9.47 Å². The summed E-state index contributed by atoms with van der Waals surface area (Å²) >= 11 is 0. The molecule has 3 aromatic carbocycles. The van der Waals surface area contributed by atoms with Crippen molar-refractivity contribution in [1.82, 2.24) is 4.31 Å². The van der Waals surface area contributed by atoms with Crippen molar-refractivity contribution in [2.24, 2.45) is 0 Å². The first-order valence-electron chi connectivity index (χ1n) is 15.3. The van der Waals surface area contributed by atoms with Gasteiger partial charge < -0.3 is 19.7 Å². The number of benzene rings is 3. The minimum atomic E-state index is -4.04. The quantitative estimate of drug-likeness (QED) is 0.262. The van der Waals surface area contributed by atoms with Crippen molar-refractivity contribution >= 4 is 49.1 Å². The van der Waals surface area contributed by atoms with Crippen LogP contribution in [-0.2, 0) is 24.8 Å². The first kappa shape index (κ1) is 33.3. The number of hydrogen-bond donors (Lipinski definition) is 2. The van der Waals surface area contributed by atoms with Crippen LogP contribution in [0.25, 0.3) is 6.08 Å². The van der Waals surface area contributed by atoms with Crippen LogP contribution in [0.3, 0.4) is 0 Å². The Kier molecular flexibility index (Phi) is 10.5. The Morgan fingerprint density at radius 2 is 1.39 bits per heavy atom. The Labute approximate surface area is 271 Å². The molecule has 5 rings (SSSR count). The average molecular weight is 669 g/mol. The van der Waals surface area contributed by atoms with Crippen molar-refractivity contribution in [3.63, 3.8) is 0 Å². The highest BCUT2D eigenvalue weighted by molar-refractivity contribution is 7.93. The van der Waals surface area contributed by atoms with Gasteiger partial charge in [0.05, 0.1) is 19.9 Å². The molecule has 0 atom stereocenters. The lowest BCUT2D eigenvalue weighted by Crippen LogP contribution is -2.35. The predicted octanol–water partition coefficient (Wildman–Crippen LogP) is 5.32. The molecule has 2 aliphatic heterocycles. The maximum atomic E-state index is 13.7. The summed E-state index contributed by atoms with van der Waals surface area (Å²) in [6, 6.07) is 16.2. The third-order valence-corrected chi connectivity index (χ3v) is 11.4. The van der Waals surface area contributed by atoms with Gasteiger partial charge in [0.15, 0.2) is 0 Å². The standard InChI is InChI=1S/C33H40N4O7S2/c1-43-28-14-11-26(12-15-28)35-45(39,40)31-24-27(13-16-29(31)36-19-5-3-6-20-36)34-33(38)18-10-25-9-17-30(44-2)32(23-25)46(41,42)37-21-7-4-8-22-37/h9-18,23-24,35H,3-8,19-22H2,1-2H3,(H,34,38). The molecule has 13 heteroatoms. The normalized spacial score (nSPS) is 16.3. The number of piperidine rings is 2. The summed E-state index contributed by atoms with van der Waals surface area (Å²) in [5.74, 6) is 0.329. The van der Waals surface area contributed by atoms with E-state index in [0.717, 1.165) is 51.6 Å². The zero-order valence-corrected chi connectivity index (χ0v) is 27.7. The van der Waals surface area contributed by atoms with Gasteiger partial charge in [-0.2, -0.15) is 4.31 Å². The number of hydrogen-bond acceptors (Lipinski definition) is 8. The summed E-state index contributed by atoms with van der Waals surface area (Å²) in [4.78, 5) is 15.2. The predicted molar refractivity (Wildman–Crippen MR) is 180 cm³/mol. The van der Waals surface area contributed by atoms with Gasteiger partial charge in [-0.25, -0.2) is 16.8 Å². The van der Waals surface area contributed by atoms with E-state index >= 15 is 0 Å². The van der Waals surface area contributed by atoms with Crippen molar-refractivity contribution in [1.29, 1.82) is 0 Å². The van der Waals surface area contributed by atoms with Gasteiger partial charge in [0.1, 0.15) is 21.3 Å². The van der Waals surface area contributed by atoms with E-state index in [1.165, 1.54) is 42.8 Å². The monoisotopic (exact) mass is 668 g/mol. The molecule has 2 saturated heterocycles. The maximum absolute atomic E-state index is 13.7. The molecule has 0 saturated carbocycles. The zero-order valence-electron chi connectivity index (χ0n) is 26.1. The van der Waals surface area contributed by atoms with Crippen LogP contribution in [0, 0.1) is 0 Å². The van der Waals surface area contributed by atoms with Crippen molar-refractivity contribution in [2.75, 3.05) is 55.3 Å². The molecule has 0 radical (unpaired) electrons. The van der Waals surface area contributed by atoms with Crippen molar-refractivity contribution in [3.05, 3.63) is 72.3 Å². The fraction of sp³-hybridized carbons (Fsp3) is 0.364. The van der Waals surface area contributed by atoms with E-state index < -0.39 is 26.0 Å². The summed E-state index contributed by atoms with van der Waals surface area (Å²) < 4.78 is 68.8. The average Bonchev–Trinajstić information content (AvgIpc) is 3.08. The van der Waals surface area contributed by atoms with Gasteiger partial charge in [-0.1, -0.05) is 12.5 Å². The molecule has 0 unspecified atom stereocenters. The number of carbonyl (C=O) groups excluding carboxylic acids is 1. The fourth-order valence-electron chi connectivity index (χ4n) is 5.67. The van der Waals surface area contributed by atoms with Gasteiger partial charge in [0.25, 0.3) is 10.0 Å². The topological polar surface area (TPSA) is 134 Å². The Hall–Kier alpha value is -4.07. The van der Waals surface area contributed by atoms with Gasteiger partial charge in [0.2, 0.25) is 15.9 Å². The summed E-state index contributed by atoms with van der Waals surface area (Å²) in [5.41, 5.74) is 1.74. The second-order valence-corrected chi connectivity index (χ2v) is 14.8. The van der Waals surface area contributed by atoms with Crippen LogP contribution in [0.1, 0.15) is 44.1 Å². The van der Waals surface area contributed by atoms with E-state index in [9.17, 15) is 21.6 Å². The van der Waals surface area contributed by atoms with Gasteiger partial charge in [-0.3, -0.25) is 9.52 Å². The number of nitrogens with zero attached hydrogens (tertiary/aromatic N) is 2. The van der Waals surface area contributed by atoms with Crippen LogP contribution in [0.5, 0.6) is 11.5 Å². The van der Waals surface area contributed by atoms with Crippen LogP contribution in [0.4, 0.5) is 17.1 Å². The molecule has 46 heavy (non-hydrogen) atoms. The minimum absolute atomic E-state index is 0.0481. The number of methoxy groups -OCH3 is 2. The highest BCUT2D eigenvalue weighted by Gasteiger charge is 2.29. The Bertz CT molecular complexity index is 1780. The van der Waals surface area contributed by atoms with Crippen LogP contribution in [0.2, 0.25) is 0 Å². The summed E-state index contributed by atoms with van der Waals surface area (Å²) in [6.45, 7) is 2.38. The van der Waals surface area contributed by atoms with Gasteiger partial charge in [-0.15, -0.1) is 0 Å². The molecule has 0 spiro atoms. The maximum Gasteiger partial charge on any atom is 0.264 e. The second kappa shape index (κ2) is 14.6. The molecule has 0 bridgehead atoms. The van der Waals surface area contributed by atoms with E-state index in [1.807, 2.05) is 0 Å². The molecule has 0 aliphatic carbocycles. The number of rotatable bonds is 11. The number of sulfonamides is 2. The SMILES string of the molecule is COc1ccc(NS(=O)(=O)c2cc(NC(=O)C=Cc3ccc(OC)c(S(=O)(=O)N4CCCCC4)c3)ccc2N2CCCCC2)cc1. The van der Waals surface area contributed by atoms with Gasteiger partial charge in [0, 0.05) is 43.6 Å². The third kappa shape index (κ3) is 7.83. The highest BCUT2D eigenvalue weighted by atomic mass is 32.2. The molecule has 2 heterocycles. The van der Waals surface area contributed by atoms with Crippen LogP contribution < -0.4 is 24.4 Å². The molecule has 1 amide bonds. The molecule has 11 nitrogen and oxygen atoms in total. The smallest absolute Gasteiger partial charge is 0.264 e. The van der Waals surface area contributed by atoms with E-state index in [0.29, 0.717) is 41.5 Å². The van der Waals surface area contributed by atoms with Crippen LogP contribution in [0.15, 0.2) is 76.5 Å². The fourth-order valence-corrected chi connectivity index (χ4v) is 8.69. The largest absolute Gasteiger partial charge is 0.497 e. The van der Waals surface area contributed by atoms with Crippen LogP contribution in [-0.4, -0.2) is 67.4 Å². The summed E-state index contributed by atoms with van der Waals surface area (Å²) in [7, 11) is -4.85. The summed E-state index contributed by atoms with van der Waals surface area (Å²) in [5, 5.41) is 2.75.